The first-order valence-electron chi connectivity index (χ1n) is 7.47. The fraction of sp³-hybridized carbons (Fsp3) is 0.0526. The minimum atomic E-state index is 0.194. The molecule has 0 spiro atoms. The monoisotopic (exact) mass is 366 g/mol. The molecule has 4 nitrogen and oxygen atoms in total. The summed E-state index contributed by atoms with van der Waals surface area (Å²) in [7, 11) is 0. The zero-order chi connectivity index (χ0) is 17.2. The van der Waals surface area contributed by atoms with E-state index in [-0.39, 0.29) is 6.79 Å². The predicted molar refractivity (Wildman–Crippen MR) is 98.6 cm³/mol. The van der Waals surface area contributed by atoms with Crippen LogP contribution in [0.25, 0.3) is 22.9 Å². The molecule has 0 saturated carbocycles. The van der Waals surface area contributed by atoms with Crippen LogP contribution in [0.3, 0.4) is 0 Å². The van der Waals surface area contributed by atoms with Crippen molar-refractivity contribution in [3.63, 3.8) is 0 Å². The molecule has 2 heterocycles. The van der Waals surface area contributed by atoms with Crippen molar-refractivity contribution in [1.82, 2.24) is 4.98 Å². The number of aromatic nitrogens is 1. The molecule has 2 aromatic carbocycles. The van der Waals surface area contributed by atoms with Crippen LogP contribution in [0.15, 0.2) is 47.8 Å². The molecular weight excluding hydrogens is 356 g/mol. The van der Waals surface area contributed by atoms with E-state index in [1.807, 2.05) is 47.8 Å². The van der Waals surface area contributed by atoms with Crippen LogP contribution < -0.4 is 9.47 Å². The Morgan fingerprint density at radius 1 is 1.20 bits per heavy atom. The second-order valence-electron chi connectivity index (χ2n) is 5.30. The Bertz CT molecular complexity index is 1000. The van der Waals surface area contributed by atoms with Crippen LogP contribution in [0.5, 0.6) is 11.5 Å². The number of ether oxygens (including phenoxy) is 2. The fourth-order valence-corrected chi connectivity index (χ4v) is 3.44. The average Bonchev–Trinajstić information content (AvgIpc) is 3.30. The smallest absolute Gasteiger partial charge is 0.231 e. The van der Waals surface area contributed by atoms with Gasteiger partial charge in [-0.2, -0.15) is 5.26 Å². The summed E-state index contributed by atoms with van der Waals surface area (Å²) in [5.41, 5.74) is 3.06. The van der Waals surface area contributed by atoms with Crippen LogP contribution in [0.2, 0.25) is 5.02 Å². The molecule has 0 N–H and O–H groups in total. The lowest BCUT2D eigenvalue weighted by Crippen LogP contribution is -1.93. The molecule has 3 aromatic rings. The first-order chi connectivity index (χ1) is 12.2. The Labute approximate surface area is 153 Å². The van der Waals surface area contributed by atoms with Crippen LogP contribution in [-0.2, 0) is 0 Å². The third-order valence-corrected chi connectivity index (χ3v) is 4.85. The lowest BCUT2D eigenvalue weighted by atomic mass is 10.1. The molecule has 1 aliphatic rings. The third-order valence-electron chi connectivity index (χ3n) is 3.72. The average molecular weight is 367 g/mol. The van der Waals surface area contributed by atoms with E-state index in [4.69, 9.17) is 21.1 Å². The standard InChI is InChI=1S/C19H11ClN2O2S/c20-15-6-4-12(5-7-15)16-10-25-19(22-16)14(9-21)8-13-2-1-3-17-18(13)24-11-23-17/h1-8,10H,11H2. The van der Waals surface area contributed by atoms with Gasteiger partial charge in [0.2, 0.25) is 6.79 Å². The van der Waals surface area contributed by atoms with E-state index in [0.717, 1.165) is 16.8 Å². The number of benzene rings is 2. The number of fused-ring (bicyclic) bond motifs is 1. The summed E-state index contributed by atoms with van der Waals surface area (Å²) in [4.78, 5) is 4.58. The second kappa shape index (κ2) is 6.60. The highest BCUT2D eigenvalue weighted by atomic mass is 35.5. The van der Waals surface area contributed by atoms with E-state index in [1.54, 1.807) is 6.08 Å². The maximum Gasteiger partial charge on any atom is 0.231 e. The number of allylic oxidation sites excluding steroid dienone is 1. The number of hydrogen-bond donors (Lipinski definition) is 0. The molecule has 0 saturated heterocycles. The van der Waals surface area contributed by atoms with Crippen molar-refractivity contribution in [2.75, 3.05) is 6.79 Å². The van der Waals surface area contributed by atoms with E-state index in [9.17, 15) is 5.26 Å². The molecule has 25 heavy (non-hydrogen) atoms. The van der Waals surface area contributed by atoms with E-state index in [2.05, 4.69) is 11.1 Å². The SMILES string of the molecule is N#CC(=Cc1cccc2c1OCO2)c1nc(-c2ccc(Cl)cc2)cs1. The summed E-state index contributed by atoms with van der Waals surface area (Å²) in [5, 5.41) is 12.8. The fourth-order valence-electron chi connectivity index (χ4n) is 2.51. The van der Waals surface area contributed by atoms with Crippen molar-refractivity contribution < 1.29 is 9.47 Å². The van der Waals surface area contributed by atoms with Crippen molar-refractivity contribution >= 4 is 34.6 Å². The normalized spacial score (nSPS) is 12.9. The highest BCUT2D eigenvalue weighted by Crippen LogP contribution is 2.37. The van der Waals surface area contributed by atoms with Gasteiger partial charge in [-0.15, -0.1) is 11.3 Å². The number of thiazole rings is 1. The van der Waals surface area contributed by atoms with Crippen LogP contribution in [0.4, 0.5) is 0 Å². The highest BCUT2D eigenvalue weighted by Gasteiger charge is 2.17. The van der Waals surface area contributed by atoms with Gasteiger partial charge in [0.15, 0.2) is 11.5 Å². The molecule has 1 aromatic heterocycles. The number of nitriles is 1. The maximum absolute atomic E-state index is 9.56. The quantitative estimate of drug-likeness (QED) is 0.593. The Kier molecular flexibility index (Phi) is 4.14. The summed E-state index contributed by atoms with van der Waals surface area (Å²) in [6.07, 6.45) is 1.78. The van der Waals surface area contributed by atoms with Gasteiger partial charge in [-0.3, -0.25) is 0 Å². The molecule has 0 radical (unpaired) electrons. The second-order valence-corrected chi connectivity index (χ2v) is 6.59. The molecule has 0 aliphatic carbocycles. The van der Waals surface area contributed by atoms with Gasteiger partial charge in [0.25, 0.3) is 0 Å². The van der Waals surface area contributed by atoms with Crippen LogP contribution >= 0.6 is 22.9 Å². The molecule has 4 rings (SSSR count). The van der Waals surface area contributed by atoms with Crippen molar-refractivity contribution in [2.24, 2.45) is 0 Å². The van der Waals surface area contributed by atoms with Crippen molar-refractivity contribution in [3.05, 3.63) is 63.4 Å². The molecule has 122 valence electrons. The van der Waals surface area contributed by atoms with Gasteiger partial charge >= 0.3 is 0 Å². The van der Waals surface area contributed by atoms with Crippen molar-refractivity contribution in [1.29, 1.82) is 5.26 Å². The van der Waals surface area contributed by atoms with E-state index < -0.39 is 0 Å². The number of nitrogens with zero attached hydrogens (tertiary/aromatic N) is 2. The first kappa shape index (κ1) is 15.7. The zero-order valence-electron chi connectivity index (χ0n) is 12.9. The molecule has 0 amide bonds. The summed E-state index contributed by atoms with van der Waals surface area (Å²) < 4.78 is 10.9. The number of hydrogen-bond acceptors (Lipinski definition) is 5. The molecule has 6 heteroatoms. The minimum Gasteiger partial charge on any atom is -0.454 e. The topological polar surface area (TPSA) is 55.1 Å². The van der Waals surface area contributed by atoms with Gasteiger partial charge in [0.05, 0.1) is 11.3 Å². The van der Waals surface area contributed by atoms with E-state index in [1.165, 1.54) is 11.3 Å². The van der Waals surface area contributed by atoms with E-state index in [0.29, 0.717) is 27.1 Å². The Hall–Kier alpha value is -2.81. The molecule has 0 bridgehead atoms. The summed E-state index contributed by atoms with van der Waals surface area (Å²) in [5.74, 6) is 1.34. The molecule has 1 aliphatic heterocycles. The van der Waals surface area contributed by atoms with Gasteiger partial charge in [-0.1, -0.05) is 35.9 Å². The largest absolute Gasteiger partial charge is 0.454 e. The van der Waals surface area contributed by atoms with Gasteiger partial charge in [-0.25, -0.2) is 4.98 Å². The third kappa shape index (κ3) is 3.10. The molecule has 0 fully saturated rings. The lowest BCUT2D eigenvalue weighted by molar-refractivity contribution is 0.174. The number of halogens is 1. The van der Waals surface area contributed by atoms with E-state index >= 15 is 0 Å². The Balaban J connectivity index is 1.70. The van der Waals surface area contributed by atoms with Crippen LogP contribution in [0, 0.1) is 11.3 Å². The zero-order valence-corrected chi connectivity index (χ0v) is 14.5. The molecular formula is C19H11ClN2O2S. The van der Waals surface area contributed by atoms with Gasteiger partial charge in [0, 0.05) is 21.5 Å². The van der Waals surface area contributed by atoms with Crippen molar-refractivity contribution in [2.45, 2.75) is 0 Å². The van der Waals surface area contributed by atoms with Gasteiger partial charge < -0.3 is 9.47 Å². The summed E-state index contributed by atoms with van der Waals surface area (Å²) in [6.45, 7) is 0.194. The van der Waals surface area contributed by atoms with Gasteiger partial charge in [-0.05, 0) is 24.3 Å². The van der Waals surface area contributed by atoms with Crippen molar-refractivity contribution in [3.8, 4) is 28.8 Å². The molecule has 0 unspecified atom stereocenters. The highest BCUT2D eigenvalue weighted by molar-refractivity contribution is 7.11. The maximum atomic E-state index is 9.56. The van der Waals surface area contributed by atoms with Crippen LogP contribution in [-0.4, -0.2) is 11.8 Å². The molecule has 0 atom stereocenters. The minimum absolute atomic E-state index is 0.194. The van der Waals surface area contributed by atoms with Crippen LogP contribution in [0.1, 0.15) is 10.6 Å². The Morgan fingerprint density at radius 3 is 2.84 bits per heavy atom. The predicted octanol–water partition coefficient (Wildman–Crippen LogP) is 5.26. The lowest BCUT2D eigenvalue weighted by Gasteiger charge is -2.01. The number of para-hydroxylation sites is 1. The first-order valence-corrected chi connectivity index (χ1v) is 8.72. The Morgan fingerprint density at radius 2 is 2.04 bits per heavy atom. The number of rotatable bonds is 3. The summed E-state index contributed by atoms with van der Waals surface area (Å²) >= 11 is 7.35. The van der Waals surface area contributed by atoms with Gasteiger partial charge in [0.1, 0.15) is 11.1 Å². The summed E-state index contributed by atoms with van der Waals surface area (Å²) in [6, 6.07) is 15.3.